The number of rotatable bonds is 2. The number of ether oxygens (including phenoxy) is 1. The summed E-state index contributed by atoms with van der Waals surface area (Å²) in [6.45, 7) is -0.765. The first kappa shape index (κ1) is 16.6. The number of amides is 1. The zero-order chi connectivity index (χ0) is 17.5. The third-order valence-electron chi connectivity index (χ3n) is 4.79. The van der Waals surface area contributed by atoms with Gasteiger partial charge in [0, 0.05) is 18.7 Å². The highest BCUT2D eigenvalue weighted by Gasteiger charge is 2.64. The van der Waals surface area contributed by atoms with Gasteiger partial charge in [-0.25, -0.2) is 0 Å². The van der Waals surface area contributed by atoms with E-state index in [9.17, 15) is 22.8 Å². The van der Waals surface area contributed by atoms with Crippen LogP contribution in [0.1, 0.15) is 24.3 Å². The molecule has 8 heteroatoms. The molecule has 0 bridgehead atoms. The minimum absolute atomic E-state index is 0.218. The molecule has 0 saturated carbocycles. The quantitative estimate of drug-likeness (QED) is 0.896. The monoisotopic (exact) mass is 343 g/mol. The molecule has 1 amide bonds. The normalized spacial score (nSPS) is 26.6. The van der Waals surface area contributed by atoms with Gasteiger partial charge in [0.2, 0.25) is 5.91 Å². The molecule has 2 aliphatic heterocycles. The zero-order valence-electron chi connectivity index (χ0n) is 12.7. The minimum Gasteiger partial charge on any atom is -0.493 e. The predicted molar refractivity (Wildman–Crippen MR) is 76.6 cm³/mol. The van der Waals surface area contributed by atoms with Crippen LogP contribution in [0, 0.1) is 5.41 Å². The second kappa shape index (κ2) is 5.68. The maximum atomic E-state index is 13.2. The average molecular weight is 343 g/mol. The smallest absolute Gasteiger partial charge is 0.406 e. The summed E-state index contributed by atoms with van der Waals surface area (Å²) in [4.78, 5) is 25.0. The summed E-state index contributed by atoms with van der Waals surface area (Å²) in [7, 11) is 0. The number of carbonyl (C=O) groups excluding carboxylic acids is 1. The number of alkyl halides is 3. The number of carboxylic acid groups (broad SMARTS) is 1. The molecule has 1 N–H and O–H groups in total. The Bertz CT molecular complexity index is 676. The van der Waals surface area contributed by atoms with Crippen LogP contribution < -0.4 is 4.74 Å². The Kier molecular flexibility index (Phi) is 3.93. The van der Waals surface area contributed by atoms with Crippen LogP contribution in [0.25, 0.3) is 0 Å². The predicted octanol–water partition coefficient (Wildman–Crippen LogP) is 2.42. The topological polar surface area (TPSA) is 66.8 Å². The van der Waals surface area contributed by atoms with Crippen LogP contribution in [0.15, 0.2) is 24.3 Å². The van der Waals surface area contributed by atoms with E-state index in [0.717, 1.165) is 4.90 Å². The van der Waals surface area contributed by atoms with E-state index in [-0.39, 0.29) is 6.54 Å². The Morgan fingerprint density at radius 3 is 2.62 bits per heavy atom. The van der Waals surface area contributed by atoms with Crippen molar-refractivity contribution in [2.24, 2.45) is 5.41 Å². The van der Waals surface area contributed by atoms with E-state index in [4.69, 9.17) is 9.84 Å². The van der Waals surface area contributed by atoms with Crippen LogP contribution in [0.5, 0.6) is 5.75 Å². The van der Waals surface area contributed by atoms with E-state index in [0.29, 0.717) is 24.3 Å². The second-order valence-electron chi connectivity index (χ2n) is 6.12. The van der Waals surface area contributed by atoms with Gasteiger partial charge < -0.3 is 14.7 Å². The number of fused-ring (bicyclic) bond motifs is 1. The summed E-state index contributed by atoms with van der Waals surface area (Å²) in [6.07, 6.45) is -5.16. The van der Waals surface area contributed by atoms with Crippen molar-refractivity contribution >= 4 is 11.9 Å². The largest absolute Gasteiger partial charge is 0.493 e. The van der Waals surface area contributed by atoms with Crippen LogP contribution >= 0.6 is 0 Å². The summed E-state index contributed by atoms with van der Waals surface area (Å²) in [5.74, 6) is -2.47. The van der Waals surface area contributed by atoms with Gasteiger partial charge >= 0.3 is 12.1 Å². The van der Waals surface area contributed by atoms with Gasteiger partial charge in [0.1, 0.15) is 5.75 Å². The number of carboxylic acids is 1. The highest BCUT2D eigenvalue weighted by atomic mass is 19.4. The molecule has 3 rings (SSSR count). The Labute approximate surface area is 136 Å². The van der Waals surface area contributed by atoms with Gasteiger partial charge in [-0.15, -0.1) is 0 Å². The highest BCUT2D eigenvalue weighted by Crippen LogP contribution is 2.47. The van der Waals surface area contributed by atoms with Crippen molar-refractivity contribution in [1.82, 2.24) is 4.90 Å². The minimum atomic E-state index is -4.90. The molecule has 2 heterocycles. The molecule has 1 aromatic carbocycles. The molecule has 0 spiro atoms. The van der Waals surface area contributed by atoms with Gasteiger partial charge in [-0.05, 0) is 18.9 Å². The van der Waals surface area contributed by atoms with E-state index in [1.165, 1.54) is 0 Å². The first-order valence-corrected chi connectivity index (χ1v) is 7.57. The lowest BCUT2D eigenvalue weighted by atomic mass is 9.86. The van der Waals surface area contributed by atoms with Gasteiger partial charge in [0.15, 0.2) is 5.41 Å². The van der Waals surface area contributed by atoms with Crippen molar-refractivity contribution in [3.05, 3.63) is 29.8 Å². The van der Waals surface area contributed by atoms with Crippen molar-refractivity contribution in [2.45, 2.75) is 24.9 Å². The number of para-hydroxylation sites is 1. The Morgan fingerprint density at radius 2 is 2.00 bits per heavy atom. The summed E-state index contributed by atoms with van der Waals surface area (Å²) < 4.78 is 45.2. The number of benzene rings is 1. The van der Waals surface area contributed by atoms with E-state index in [2.05, 4.69) is 0 Å². The van der Waals surface area contributed by atoms with Crippen molar-refractivity contribution in [3.8, 4) is 5.75 Å². The van der Waals surface area contributed by atoms with Gasteiger partial charge in [0.05, 0.1) is 12.5 Å². The first-order valence-electron chi connectivity index (χ1n) is 7.57. The number of aliphatic carboxylic acids is 1. The standard InChI is InChI=1S/C16H16F3NO4/c17-16(18,19)15(14(22)23)6-7-20(9-15)13(21)11-5-8-24-12-4-2-1-3-10(11)12/h1-4,11H,5-9H2,(H,22,23). The van der Waals surface area contributed by atoms with Crippen LogP contribution in [-0.2, 0) is 9.59 Å². The zero-order valence-corrected chi connectivity index (χ0v) is 12.7. The SMILES string of the molecule is O=C(C1CCOc2ccccc21)N1CCC(C(=O)O)(C(F)(F)F)C1. The van der Waals surface area contributed by atoms with Crippen molar-refractivity contribution in [1.29, 1.82) is 0 Å². The van der Waals surface area contributed by atoms with Gasteiger partial charge in [-0.1, -0.05) is 18.2 Å². The molecule has 130 valence electrons. The summed E-state index contributed by atoms with van der Waals surface area (Å²) in [5.41, 5.74) is -2.25. The Balaban J connectivity index is 1.85. The lowest BCUT2D eigenvalue weighted by Crippen LogP contribution is -2.48. The van der Waals surface area contributed by atoms with Crippen molar-refractivity contribution in [3.63, 3.8) is 0 Å². The molecule has 0 aromatic heterocycles. The molecule has 0 radical (unpaired) electrons. The molecular formula is C16H16F3NO4. The molecule has 0 aliphatic carbocycles. The number of halogens is 3. The maximum Gasteiger partial charge on any atom is 0.406 e. The molecule has 1 fully saturated rings. The molecule has 2 aliphatic rings. The van der Waals surface area contributed by atoms with E-state index < -0.39 is 42.4 Å². The molecule has 5 nitrogen and oxygen atoms in total. The summed E-state index contributed by atoms with van der Waals surface area (Å²) in [5, 5.41) is 9.09. The van der Waals surface area contributed by atoms with E-state index >= 15 is 0 Å². The van der Waals surface area contributed by atoms with Gasteiger partial charge in [-0.2, -0.15) is 13.2 Å². The van der Waals surface area contributed by atoms with Gasteiger partial charge in [-0.3, -0.25) is 9.59 Å². The molecule has 1 aromatic rings. The van der Waals surface area contributed by atoms with E-state index in [1.807, 2.05) is 0 Å². The van der Waals surface area contributed by atoms with Crippen molar-refractivity contribution < 1.29 is 32.6 Å². The average Bonchev–Trinajstić information content (AvgIpc) is 3.00. The summed E-state index contributed by atoms with van der Waals surface area (Å²) in [6, 6.07) is 6.90. The fourth-order valence-corrected chi connectivity index (χ4v) is 3.34. The number of hydrogen-bond donors (Lipinski definition) is 1. The van der Waals surface area contributed by atoms with Crippen LogP contribution in [0.4, 0.5) is 13.2 Å². The summed E-state index contributed by atoms with van der Waals surface area (Å²) >= 11 is 0. The number of likely N-dealkylation sites (tertiary alicyclic amines) is 1. The third-order valence-corrected chi connectivity index (χ3v) is 4.79. The fourth-order valence-electron chi connectivity index (χ4n) is 3.34. The van der Waals surface area contributed by atoms with Crippen LogP contribution in [-0.4, -0.2) is 47.8 Å². The van der Waals surface area contributed by atoms with Crippen molar-refractivity contribution in [2.75, 3.05) is 19.7 Å². The number of carbonyl (C=O) groups is 2. The fraction of sp³-hybridized carbons (Fsp3) is 0.500. The van der Waals surface area contributed by atoms with Crippen LogP contribution in [0.2, 0.25) is 0 Å². The van der Waals surface area contributed by atoms with E-state index in [1.54, 1.807) is 24.3 Å². The lowest BCUT2D eigenvalue weighted by Gasteiger charge is -2.30. The first-order chi connectivity index (χ1) is 11.3. The van der Waals surface area contributed by atoms with Crippen LogP contribution in [0.3, 0.4) is 0 Å². The molecule has 24 heavy (non-hydrogen) atoms. The molecule has 1 saturated heterocycles. The molecule has 2 atom stereocenters. The Morgan fingerprint density at radius 1 is 1.29 bits per heavy atom. The maximum absolute atomic E-state index is 13.2. The highest BCUT2D eigenvalue weighted by molar-refractivity contribution is 5.87. The number of hydrogen-bond acceptors (Lipinski definition) is 3. The Hall–Kier alpha value is -2.25. The van der Waals surface area contributed by atoms with Gasteiger partial charge in [0.25, 0.3) is 0 Å². The lowest BCUT2D eigenvalue weighted by molar-refractivity contribution is -0.227. The second-order valence-corrected chi connectivity index (χ2v) is 6.12. The number of nitrogens with zero attached hydrogens (tertiary/aromatic N) is 1. The molecule has 2 unspecified atom stereocenters. The third kappa shape index (κ3) is 2.50. The molecular weight excluding hydrogens is 327 g/mol.